The van der Waals surface area contributed by atoms with Crippen LogP contribution >= 0.6 is 23.2 Å². The molecule has 0 saturated carbocycles. The van der Waals surface area contributed by atoms with Gasteiger partial charge in [0.2, 0.25) is 5.82 Å². The first-order chi connectivity index (χ1) is 12.7. The Balaban J connectivity index is 1.77. The number of imidazole rings is 1. The minimum Gasteiger partial charge on any atom is -0.332 e. The molecule has 0 aliphatic rings. The summed E-state index contributed by atoms with van der Waals surface area (Å²) in [5.74, 6) is 0.282. The average molecular weight is 413 g/mol. The van der Waals surface area contributed by atoms with Gasteiger partial charge in [0.15, 0.2) is 5.65 Å². The summed E-state index contributed by atoms with van der Waals surface area (Å²) in [5, 5.41) is 4.18. The minimum atomic E-state index is -4.53. The molecular weight excluding hydrogens is 404 g/mol. The zero-order chi connectivity index (χ0) is 19.3. The summed E-state index contributed by atoms with van der Waals surface area (Å²) in [6.45, 7) is 1.90. The Bertz CT molecular complexity index is 1170. The van der Waals surface area contributed by atoms with Crippen LogP contribution in [0.15, 0.2) is 41.2 Å². The van der Waals surface area contributed by atoms with Crippen LogP contribution in [0.1, 0.15) is 11.1 Å². The summed E-state index contributed by atoms with van der Waals surface area (Å²) in [7, 11) is 0. The number of hydrogen-bond donors (Lipinski definition) is 0. The van der Waals surface area contributed by atoms with E-state index in [9.17, 15) is 13.2 Å². The average Bonchev–Trinajstić information content (AvgIpc) is 3.20. The van der Waals surface area contributed by atoms with Crippen LogP contribution in [0.3, 0.4) is 0 Å². The van der Waals surface area contributed by atoms with E-state index < -0.39 is 11.7 Å². The molecule has 0 radical (unpaired) electrons. The molecule has 138 valence electrons. The minimum absolute atomic E-state index is 0.0370. The maximum absolute atomic E-state index is 12.9. The largest absolute Gasteiger partial charge is 0.417 e. The highest BCUT2D eigenvalue weighted by atomic mass is 35.5. The Morgan fingerprint density at radius 2 is 1.81 bits per heavy atom. The van der Waals surface area contributed by atoms with Gasteiger partial charge in [-0.05, 0) is 30.7 Å². The van der Waals surface area contributed by atoms with Gasteiger partial charge in [-0.3, -0.25) is 0 Å². The van der Waals surface area contributed by atoms with E-state index in [4.69, 9.17) is 27.7 Å². The first-order valence-corrected chi connectivity index (χ1v) is 8.34. The quantitative estimate of drug-likeness (QED) is 0.424. The van der Waals surface area contributed by atoms with Gasteiger partial charge in [0.25, 0.3) is 5.89 Å². The molecule has 0 unspecified atom stereocenters. The highest BCUT2D eigenvalue weighted by Gasteiger charge is 2.32. The number of nitrogens with zero attached hydrogens (tertiary/aromatic N) is 4. The van der Waals surface area contributed by atoms with E-state index in [1.54, 1.807) is 12.1 Å². The smallest absolute Gasteiger partial charge is 0.332 e. The van der Waals surface area contributed by atoms with Crippen LogP contribution in [0.5, 0.6) is 0 Å². The van der Waals surface area contributed by atoms with E-state index >= 15 is 0 Å². The number of aryl methyl sites for hydroxylation is 1. The summed E-state index contributed by atoms with van der Waals surface area (Å²) in [5.41, 5.74) is 0.994. The predicted molar refractivity (Wildman–Crippen MR) is 93.7 cm³/mol. The van der Waals surface area contributed by atoms with Crippen molar-refractivity contribution in [3.63, 3.8) is 0 Å². The second-order valence-corrected chi connectivity index (χ2v) is 6.65. The van der Waals surface area contributed by atoms with Crippen molar-refractivity contribution < 1.29 is 17.7 Å². The van der Waals surface area contributed by atoms with Gasteiger partial charge < -0.3 is 8.92 Å². The van der Waals surface area contributed by atoms with Crippen LogP contribution in [-0.4, -0.2) is 19.5 Å². The fraction of sp³-hybridized carbons (Fsp3) is 0.118. The number of fused-ring (bicyclic) bond motifs is 1. The van der Waals surface area contributed by atoms with E-state index in [2.05, 4.69) is 15.1 Å². The monoisotopic (exact) mass is 412 g/mol. The van der Waals surface area contributed by atoms with Crippen molar-refractivity contribution in [3.8, 4) is 23.0 Å². The Kier molecular flexibility index (Phi) is 4.12. The molecule has 5 nitrogen and oxygen atoms in total. The van der Waals surface area contributed by atoms with Crippen LogP contribution in [0, 0.1) is 6.92 Å². The molecule has 1 aromatic carbocycles. The maximum atomic E-state index is 12.9. The first kappa shape index (κ1) is 17.8. The van der Waals surface area contributed by atoms with Gasteiger partial charge in [-0.15, -0.1) is 0 Å². The van der Waals surface area contributed by atoms with Crippen LogP contribution in [-0.2, 0) is 6.18 Å². The molecule has 10 heteroatoms. The van der Waals surface area contributed by atoms with Crippen molar-refractivity contribution in [3.05, 3.63) is 57.8 Å². The van der Waals surface area contributed by atoms with Crippen molar-refractivity contribution in [2.24, 2.45) is 0 Å². The maximum Gasteiger partial charge on any atom is 0.417 e. The number of hydrogen-bond acceptors (Lipinski definition) is 4. The molecule has 0 N–H and O–H groups in total. The summed E-state index contributed by atoms with van der Waals surface area (Å²) < 4.78 is 45.2. The zero-order valence-corrected chi connectivity index (χ0v) is 15.1. The van der Waals surface area contributed by atoms with Gasteiger partial charge in [-0.2, -0.15) is 18.2 Å². The molecule has 3 aromatic heterocycles. The molecule has 0 bridgehead atoms. The summed E-state index contributed by atoms with van der Waals surface area (Å²) in [6.07, 6.45) is -2.29. The molecule has 4 aromatic rings. The van der Waals surface area contributed by atoms with Crippen LogP contribution in [0.4, 0.5) is 13.2 Å². The highest BCUT2D eigenvalue weighted by Crippen LogP contribution is 2.33. The molecule has 27 heavy (non-hydrogen) atoms. The lowest BCUT2D eigenvalue weighted by Crippen LogP contribution is -2.06. The Morgan fingerprint density at radius 1 is 1.04 bits per heavy atom. The first-order valence-electron chi connectivity index (χ1n) is 7.58. The fourth-order valence-electron chi connectivity index (χ4n) is 2.55. The third-order valence-corrected chi connectivity index (χ3v) is 4.44. The van der Waals surface area contributed by atoms with E-state index in [0.29, 0.717) is 10.6 Å². The molecule has 0 amide bonds. The molecule has 0 aliphatic carbocycles. The summed E-state index contributed by atoms with van der Waals surface area (Å²) in [6, 6.07) is 6.18. The van der Waals surface area contributed by atoms with Gasteiger partial charge in [0, 0.05) is 18.0 Å². The van der Waals surface area contributed by atoms with Gasteiger partial charge in [0.1, 0.15) is 5.69 Å². The third kappa shape index (κ3) is 3.26. The van der Waals surface area contributed by atoms with Crippen molar-refractivity contribution in [2.75, 3.05) is 0 Å². The fourth-order valence-corrected chi connectivity index (χ4v) is 3.13. The predicted octanol–water partition coefficient (Wildman–Crippen LogP) is 5.69. The SMILES string of the molecule is Cc1ccc(-c2noc(-c3cn4cc(C(F)(F)F)cc(Cl)c4n3)n2)c(Cl)c1. The molecule has 0 aliphatic heterocycles. The normalized spacial score (nSPS) is 12.1. The van der Waals surface area contributed by atoms with Gasteiger partial charge in [-0.25, -0.2) is 4.98 Å². The third-order valence-electron chi connectivity index (χ3n) is 3.84. The number of benzene rings is 1. The number of alkyl halides is 3. The van der Waals surface area contributed by atoms with Gasteiger partial charge >= 0.3 is 6.18 Å². The number of halogens is 5. The van der Waals surface area contributed by atoms with E-state index in [1.807, 2.05) is 13.0 Å². The summed E-state index contributed by atoms with van der Waals surface area (Å²) >= 11 is 12.1. The molecule has 0 saturated heterocycles. The standard InChI is InChI=1S/C17H9Cl2F3N4O/c1-8-2-3-10(11(18)4-8)14-24-16(27-25-14)13-7-26-6-9(17(20,21)22)5-12(19)15(26)23-13/h2-7H,1H3. The number of aromatic nitrogens is 4. The Hall–Kier alpha value is -2.58. The summed E-state index contributed by atoms with van der Waals surface area (Å²) in [4.78, 5) is 8.42. The lowest BCUT2D eigenvalue weighted by atomic mass is 10.1. The second-order valence-electron chi connectivity index (χ2n) is 5.84. The van der Waals surface area contributed by atoms with Crippen molar-refractivity contribution >= 4 is 28.8 Å². The van der Waals surface area contributed by atoms with Crippen LogP contribution in [0.25, 0.3) is 28.6 Å². The lowest BCUT2D eigenvalue weighted by molar-refractivity contribution is -0.137. The van der Waals surface area contributed by atoms with Crippen LogP contribution < -0.4 is 0 Å². The molecule has 0 spiro atoms. The van der Waals surface area contributed by atoms with Gasteiger partial charge in [0.05, 0.1) is 15.6 Å². The molecule has 0 atom stereocenters. The van der Waals surface area contributed by atoms with Crippen molar-refractivity contribution in [2.45, 2.75) is 13.1 Å². The molecule has 0 fully saturated rings. The number of rotatable bonds is 2. The molecule has 4 rings (SSSR count). The second kappa shape index (κ2) is 6.24. The lowest BCUT2D eigenvalue weighted by Gasteiger charge is -2.07. The zero-order valence-electron chi connectivity index (χ0n) is 13.6. The van der Waals surface area contributed by atoms with E-state index in [-0.39, 0.29) is 28.1 Å². The molecular formula is C17H9Cl2F3N4O. The highest BCUT2D eigenvalue weighted by molar-refractivity contribution is 6.33. The Morgan fingerprint density at radius 3 is 2.52 bits per heavy atom. The van der Waals surface area contributed by atoms with Crippen molar-refractivity contribution in [1.82, 2.24) is 19.5 Å². The van der Waals surface area contributed by atoms with E-state index in [1.165, 1.54) is 10.6 Å². The number of pyridine rings is 1. The van der Waals surface area contributed by atoms with Crippen LogP contribution in [0.2, 0.25) is 10.0 Å². The van der Waals surface area contributed by atoms with E-state index in [0.717, 1.165) is 17.8 Å². The van der Waals surface area contributed by atoms with Gasteiger partial charge in [-0.1, -0.05) is 34.4 Å². The topological polar surface area (TPSA) is 56.2 Å². The molecule has 3 heterocycles. The van der Waals surface area contributed by atoms with Crippen molar-refractivity contribution in [1.29, 1.82) is 0 Å². The Labute approximate surface area is 160 Å².